The first-order chi connectivity index (χ1) is 56.6. The smallest absolute Gasteiger partial charge is 0.573 e. The Morgan fingerprint density at radius 2 is 0.172 bits per heavy atom. The summed E-state index contributed by atoms with van der Waals surface area (Å²) in [5.74, 6) is -165. The van der Waals surface area contributed by atoms with E-state index in [1.165, 1.54) is 0 Å². The third-order valence-corrected chi connectivity index (χ3v) is 18.8. The van der Waals surface area contributed by atoms with Crippen LogP contribution in [0, 0.1) is 279 Å². The molecule has 56 heteroatoms. The predicted octanol–water partition coefficient (Wildman–Crippen LogP) is 23.6. The van der Waals surface area contributed by atoms with E-state index in [0.717, 1.165) is 0 Å². The van der Waals surface area contributed by atoms with Gasteiger partial charge in [-0.05, 0) is 0 Å². The van der Waals surface area contributed by atoms with Crippen LogP contribution in [0.2, 0.25) is 0 Å². The Bertz CT molecular complexity index is 5870. The molecule has 0 heterocycles. The van der Waals surface area contributed by atoms with Crippen LogP contribution in [0.3, 0.4) is 0 Å². The fraction of sp³-hybridized carbons (Fsp3) is 0. The lowest BCUT2D eigenvalue weighted by Gasteiger charge is -2.21. The minimum Gasteiger partial charge on any atom is -0.573 e. The van der Waals surface area contributed by atoms with Crippen molar-refractivity contribution in [2.45, 2.75) is 0 Å². The zero-order chi connectivity index (χ0) is 91.5. The predicted molar refractivity (Wildman–Crippen MR) is 301 cm³/mol. The van der Waals surface area contributed by atoms with Gasteiger partial charge in [0.05, 0.1) is 65.7 Å². The van der Waals surface area contributed by atoms with Gasteiger partial charge in [0.25, 0.3) is 0 Å². The van der Waals surface area contributed by atoms with E-state index in [4.69, 9.17) is 0 Å². The van der Waals surface area contributed by atoms with Crippen LogP contribution in [0.1, 0.15) is 0 Å². The highest BCUT2D eigenvalue weighted by atomic mass is 27.3. The van der Waals surface area contributed by atoms with Gasteiger partial charge in [0.15, 0.2) is 244 Å². The lowest BCUT2D eigenvalue weighted by Crippen LogP contribution is -2.39. The van der Waals surface area contributed by atoms with E-state index < -0.39 is 410 Å². The first-order valence-electron chi connectivity index (χ1n) is 29.7. The van der Waals surface area contributed by atoms with Crippen molar-refractivity contribution in [2.24, 2.45) is 0 Å². The second-order valence-corrected chi connectivity index (χ2v) is 25.4. The molecule has 0 unspecified atom stereocenters. The molecule has 6 nitrogen and oxygen atoms in total. The molecule has 0 saturated carbocycles. The summed E-state index contributed by atoms with van der Waals surface area (Å²) >= 11 is -12.6. The van der Waals surface area contributed by atoms with Crippen LogP contribution in [-0.2, 0) is 0 Å². The maximum absolute atomic E-state index is 15.5. The summed E-state index contributed by atoms with van der Waals surface area (Å²) in [5, 5.41) is -14.3. The molecule has 0 aliphatic heterocycles. The number of halogens is 48. The zero-order valence-corrected chi connectivity index (χ0v) is 57.1. The molecule has 0 saturated heterocycles. The number of benzene rings is 12. The Hall–Kier alpha value is -12.1. The highest BCUT2D eigenvalue weighted by Crippen LogP contribution is 2.49. The van der Waals surface area contributed by atoms with E-state index in [1.807, 2.05) is 0 Å². The van der Waals surface area contributed by atoms with Crippen LogP contribution in [0.25, 0.3) is 65.7 Å². The van der Waals surface area contributed by atoms with Crippen LogP contribution in [-0.4, -0.2) is 30.3 Å². The summed E-state index contributed by atoms with van der Waals surface area (Å²) in [4.78, 5) is 0. The molecule has 0 aliphatic rings. The molecule has 0 atom stereocenters. The van der Waals surface area contributed by atoms with Crippen LogP contribution < -0.4 is 22.7 Å². The lowest BCUT2D eigenvalue weighted by atomic mass is 10.0. The summed E-state index contributed by atoms with van der Waals surface area (Å²) in [6.45, 7) is 0. The molecule has 0 spiro atoms. The van der Waals surface area contributed by atoms with Crippen molar-refractivity contribution < 1.29 is 233 Å². The van der Waals surface area contributed by atoms with E-state index >= 15 is 79.0 Å². The van der Waals surface area contributed by atoms with Gasteiger partial charge in [-0.25, -0.2) is 171 Å². The van der Waals surface area contributed by atoms with Crippen molar-refractivity contribution >= 4 is 62.6 Å². The van der Waals surface area contributed by atoms with Crippen LogP contribution in [0.15, 0.2) is 0 Å². The molecule has 642 valence electrons. The van der Waals surface area contributed by atoms with Gasteiger partial charge < -0.3 is 22.7 Å². The summed E-state index contributed by atoms with van der Waals surface area (Å²) in [6, 6.07) is 0. The second-order valence-electron chi connectivity index (χ2n) is 22.8. The fourth-order valence-corrected chi connectivity index (χ4v) is 13.4. The van der Waals surface area contributed by atoms with Crippen LogP contribution >= 0.6 is 0 Å². The first kappa shape index (κ1) is 90.7. The molecule has 0 radical (unpaired) electrons. The molecular weight excluding hydrogens is 1850 g/mol. The molecule has 12 aromatic rings. The number of hydrogen-bond donors (Lipinski definition) is 0. The molecule has 0 aliphatic carbocycles. The SMILES string of the molecule is Fc1c(F)c(F)c(-c2c(F)c(F)c([O][Al]([O]c3c(F)c(F)c(-c4c(F)c(F)c(F)c(F)c4F)c(F)c3F)[O]c3c(F)c(F)c(-c4c(F)c(F)c(F)c(F)c4F)c(F)c3F)c(F)c2F)c(F)c1F.Fc1c(F)c(F)c2c(F)c([O][Al]([O]c3c(F)c(F)c4c(F)c(F)c(F)c(F)c4c3F)[O]c3c(F)c(F)c4c(F)c(F)c(F)c(F)c4c3F)c(F)c(F)c2c1F. The average Bonchev–Trinajstić information content (AvgIpc) is 0.743. The Morgan fingerprint density at radius 3 is 0.311 bits per heavy atom. The fourth-order valence-electron chi connectivity index (χ4n) is 10.7. The van der Waals surface area contributed by atoms with Gasteiger partial charge in [-0.1, -0.05) is 0 Å². The molecule has 0 fully saturated rings. The van der Waals surface area contributed by atoms with E-state index in [0.29, 0.717) is 0 Å². The molecule has 12 aromatic carbocycles. The summed E-state index contributed by atoms with van der Waals surface area (Å²) < 4.78 is 726. The lowest BCUT2D eigenvalue weighted by molar-refractivity contribution is 0.256. The van der Waals surface area contributed by atoms with Crippen molar-refractivity contribution in [3.8, 4) is 67.9 Å². The van der Waals surface area contributed by atoms with Crippen molar-refractivity contribution in [1.82, 2.24) is 0 Å². The summed E-state index contributed by atoms with van der Waals surface area (Å²) in [7, 11) is 0. The Kier molecular flexibility index (Phi) is 24.1. The topological polar surface area (TPSA) is 55.4 Å². The standard InChI is InChI=1S/3C12HF9O.3C10HF7O.2Al/c3*13-3-1(4(14)8(18)9(19)7(3)17)2-5(15)10(20)12(22)11(21)6(2)16;3*11-3-1-2(4(12)8(16)7(3)15)6(14)10(18)9(17)5(1)13;;/h3*22H;3*18H;;/q;;;;;;2*+3/p-6. The van der Waals surface area contributed by atoms with E-state index in [1.54, 1.807) is 0 Å². The molecule has 0 amide bonds. The van der Waals surface area contributed by atoms with Crippen molar-refractivity contribution in [3.05, 3.63) is 279 Å². The van der Waals surface area contributed by atoms with Crippen LogP contribution in [0.5, 0.6) is 34.5 Å². The maximum atomic E-state index is 15.5. The maximum Gasteiger partial charge on any atom is 1.20 e. The second kappa shape index (κ2) is 32.4. The molecule has 0 aromatic heterocycles. The largest absolute Gasteiger partial charge is 1.20 e. The molecule has 122 heavy (non-hydrogen) atoms. The Balaban J connectivity index is 0.000000243. The highest BCUT2D eigenvalue weighted by Gasteiger charge is 2.54. The third kappa shape index (κ3) is 13.7. The van der Waals surface area contributed by atoms with E-state index in [-0.39, 0.29) is 0 Å². The number of fused-ring (bicyclic) bond motifs is 3. The van der Waals surface area contributed by atoms with Gasteiger partial charge in [-0.15, -0.1) is 0 Å². The Labute approximate surface area is 641 Å². The molecule has 12 rings (SSSR count). The van der Waals surface area contributed by atoms with Gasteiger partial charge >= 0.3 is 30.3 Å². The van der Waals surface area contributed by atoms with Gasteiger partial charge in [-0.2, -0.15) is 39.5 Å². The van der Waals surface area contributed by atoms with E-state index in [2.05, 4.69) is 22.7 Å². The summed E-state index contributed by atoms with van der Waals surface area (Å²) in [6.07, 6.45) is 0. The van der Waals surface area contributed by atoms with Crippen molar-refractivity contribution in [1.29, 1.82) is 0 Å². The monoisotopic (exact) mass is 1850 g/mol. The molecule has 0 bridgehead atoms. The first-order valence-corrected chi connectivity index (χ1v) is 32.5. The quantitative estimate of drug-likeness (QED) is 0.0441. The highest BCUT2D eigenvalue weighted by molar-refractivity contribution is 6.40. The minimum absolute atomic E-state index is 2.36. The normalized spacial score (nSPS) is 11.6. The molecular formula is C66Al2F48O6. The van der Waals surface area contributed by atoms with Crippen molar-refractivity contribution in [3.63, 3.8) is 0 Å². The minimum atomic E-state index is -6.50. The van der Waals surface area contributed by atoms with E-state index in [9.17, 15) is 132 Å². The van der Waals surface area contributed by atoms with Gasteiger partial charge in [0.1, 0.15) is 0 Å². The van der Waals surface area contributed by atoms with Crippen molar-refractivity contribution in [2.75, 3.05) is 0 Å². The molecule has 0 N–H and O–H groups in total. The third-order valence-electron chi connectivity index (χ3n) is 16.2. The van der Waals surface area contributed by atoms with Crippen LogP contribution in [0.4, 0.5) is 211 Å². The van der Waals surface area contributed by atoms with Gasteiger partial charge in [-0.3, -0.25) is 0 Å². The zero-order valence-electron chi connectivity index (χ0n) is 54.7. The Morgan fingerprint density at radius 1 is 0.0902 bits per heavy atom. The van der Waals surface area contributed by atoms with Gasteiger partial charge in [0.2, 0.25) is 69.8 Å². The van der Waals surface area contributed by atoms with Gasteiger partial charge in [0, 0.05) is 0 Å². The average molecular weight is 1850 g/mol. The number of rotatable bonds is 15. The number of hydrogen-bond acceptors (Lipinski definition) is 6. The summed E-state index contributed by atoms with van der Waals surface area (Å²) in [5.41, 5.74) is -17.1.